The maximum absolute atomic E-state index is 4.94. The van der Waals surface area contributed by atoms with Crippen molar-refractivity contribution in [3.63, 3.8) is 0 Å². The minimum absolute atomic E-state index is 0.415. The molecule has 0 aromatic rings. The van der Waals surface area contributed by atoms with Crippen LogP contribution in [0.4, 0.5) is 0 Å². The zero-order valence-electron chi connectivity index (χ0n) is 4.03. The summed E-state index contributed by atoms with van der Waals surface area (Å²) in [5.74, 6) is 0. The number of nitrogens with zero attached hydrogens (tertiary/aromatic N) is 1. The highest BCUT2D eigenvalue weighted by Crippen LogP contribution is 2.26. The number of thiol groups is 1. The van der Waals surface area contributed by atoms with Crippen LogP contribution in [-0.4, -0.2) is 12.7 Å². The predicted molar refractivity (Wildman–Crippen MR) is 33.6 cm³/mol. The topological polar surface area (TPSA) is 21.6 Å². The molecular weight excluding hydrogens is 110 g/mol. The fourth-order valence-electron chi connectivity index (χ4n) is 0.355. The summed E-state index contributed by atoms with van der Waals surface area (Å²) in [7, 11) is 1.69. The van der Waals surface area contributed by atoms with Crippen LogP contribution < -0.4 is 0 Å². The minimum Gasteiger partial charge on any atom is -0.334 e. The predicted octanol–water partition coefficient (Wildman–Crippen LogP) is 1.06. The van der Waals surface area contributed by atoms with Gasteiger partial charge in [0.25, 0.3) is 0 Å². The summed E-state index contributed by atoms with van der Waals surface area (Å²) in [6.45, 7) is 0. The first-order chi connectivity index (χ1) is 3.43. The SMILES string of the molecule is CO[SH]1C=CN=C1. The zero-order chi connectivity index (χ0) is 5.11. The Hall–Kier alpha value is -0.280. The summed E-state index contributed by atoms with van der Waals surface area (Å²) < 4.78 is 4.94. The summed E-state index contributed by atoms with van der Waals surface area (Å²) in [6.07, 6.45) is 1.76. The lowest BCUT2D eigenvalue weighted by Crippen LogP contribution is -1.73. The van der Waals surface area contributed by atoms with Gasteiger partial charge >= 0.3 is 0 Å². The number of aliphatic imine (C=N–C) groups is 1. The van der Waals surface area contributed by atoms with Gasteiger partial charge in [-0.3, -0.25) is 4.99 Å². The van der Waals surface area contributed by atoms with Crippen LogP contribution in [0.5, 0.6) is 0 Å². The van der Waals surface area contributed by atoms with E-state index in [-0.39, 0.29) is 0 Å². The van der Waals surface area contributed by atoms with Crippen molar-refractivity contribution >= 4 is 16.7 Å². The molecule has 1 aliphatic rings. The molecule has 1 atom stereocenters. The van der Waals surface area contributed by atoms with Crippen LogP contribution in [0.3, 0.4) is 0 Å². The van der Waals surface area contributed by atoms with Crippen molar-refractivity contribution in [2.24, 2.45) is 4.99 Å². The first-order valence-electron chi connectivity index (χ1n) is 1.96. The fraction of sp³-hybridized carbons (Fsp3) is 0.250. The van der Waals surface area contributed by atoms with Crippen molar-refractivity contribution < 1.29 is 4.18 Å². The summed E-state index contributed by atoms with van der Waals surface area (Å²) in [4.78, 5) is 3.83. The first-order valence-corrected chi connectivity index (χ1v) is 3.35. The van der Waals surface area contributed by atoms with E-state index in [9.17, 15) is 0 Å². The van der Waals surface area contributed by atoms with Gasteiger partial charge in [-0.2, -0.15) is 0 Å². The molecule has 0 aliphatic carbocycles. The largest absolute Gasteiger partial charge is 0.334 e. The number of rotatable bonds is 1. The first kappa shape index (κ1) is 4.87. The molecule has 0 bridgehead atoms. The van der Waals surface area contributed by atoms with Crippen molar-refractivity contribution in [1.82, 2.24) is 0 Å². The second-order valence-corrected chi connectivity index (χ2v) is 2.72. The monoisotopic (exact) mass is 117 g/mol. The third-order valence-corrected chi connectivity index (χ3v) is 1.90. The van der Waals surface area contributed by atoms with E-state index in [2.05, 4.69) is 4.99 Å². The Bertz CT molecular complexity index is 98.3. The Labute approximate surface area is 45.4 Å². The molecule has 0 N–H and O–H groups in total. The van der Waals surface area contributed by atoms with Crippen molar-refractivity contribution in [2.75, 3.05) is 7.11 Å². The molecule has 0 fully saturated rings. The molecule has 1 heterocycles. The Morgan fingerprint density at radius 2 is 2.57 bits per heavy atom. The molecule has 0 amide bonds. The van der Waals surface area contributed by atoms with Crippen LogP contribution in [-0.2, 0) is 4.18 Å². The van der Waals surface area contributed by atoms with Gasteiger partial charge in [0.05, 0.1) is 5.55 Å². The second kappa shape index (κ2) is 2.14. The van der Waals surface area contributed by atoms with Crippen molar-refractivity contribution in [3.8, 4) is 0 Å². The Kier molecular flexibility index (Phi) is 1.49. The van der Waals surface area contributed by atoms with E-state index in [1.807, 2.05) is 11.0 Å². The van der Waals surface area contributed by atoms with Crippen LogP contribution >= 0.6 is 11.2 Å². The van der Waals surface area contributed by atoms with Crippen LogP contribution in [0, 0.1) is 0 Å². The van der Waals surface area contributed by atoms with E-state index < -0.39 is 11.2 Å². The van der Waals surface area contributed by atoms with Crippen molar-refractivity contribution in [3.05, 3.63) is 11.6 Å². The Morgan fingerprint density at radius 1 is 1.71 bits per heavy atom. The molecule has 1 unspecified atom stereocenters. The maximum atomic E-state index is 4.94. The molecular formula is C4H7NOS. The Morgan fingerprint density at radius 3 is 2.86 bits per heavy atom. The van der Waals surface area contributed by atoms with Crippen molar-refractivity contribution in [1.29, 1.82) is 0 Å². The van der Waals surface area contributed by atoms with Gasteiger partial charge in [0, 0.05) is 13.3 Å². The molecule has 0 saturated heterocycles. The lowest BCUT2D eigenvalue weighted by molar-refractivity contribution is 0.490. The van der Waals surface area contributed by atoms with E-state index in [0.717, 1.165) is 0 Å². The minimum atomic E-state index is -0.415. The van der Waals surface area contributed by atoms with Crippen molar-refractivity contribution in [2.45, 2.75) is 0 Å². The lowest BCUT2D eigenvalue weighted by Gasteiger charge is -2.00. The third kappa shape index (κ3) is 1.04. The molecule has 0 radical (unpaired) electrons. The summed E-state index contributed by atoms with van der Waals surface area (Å²) in [5, 5.41) is 1.95. The standard InChI is InChI=1S/C4H7NOS/c1-6-7-3-2-5-4-7/h2-4,7H,1H3. The van der Waals surface area contributed by atoms with Gasteiger partial charge in [-0.25, -0.2) is 0 Å². The highest BCUT2D eigenvalue weighted by atomic mass is 32.2. The average Bonchev–Trinajstić information content (AvgIpc) is 2.14. The van der Waals surface area contributed by atoms with E-state index in [1.165, 1.54) is 0 Å². The van der Waals surface area contributed by atoms with Crippen LogP contribution in [0.25, 0.3) is 0 Å². The number of hydrogen-bond acceptors (Lipinski definition) is 2. The fourth-order valence-corrected chi connectivity index (χ4v) is 1.06. The van der Waals surface area contributed by atoms with E-state index in [1.54, 1.807) is 13.3 Å². The molecule has 0 aromatic heterocycles. The number of hydrogen-bond donors (Lipinski definition) is 1. The second-order valence-electron chi connectivity index (χ2n) is 1.11. The molecule has 7 heavy (non-hydrogen) atoms. The van der Waals surface area contributed by atoms with E-state index >= 15 is 0 Å². The van der Waals surface area contributed by atoms with Gasteiger partial charge in [0.15, 0.2) is 0 Å². The quantitative estimate of drug-likeness (QED) is 0.509. The summed E-state index contributed by atoms with van der Waals surface area (Å²) in [6, 6.07) is 0. The molecule has 0 aromatic carbocycles. The van der Waals surface area contributed by atoms with Crippen LogP contribution in [0.2, 0.25) is 0 Å². The zero-order valence-corrected chi connectivity index (χ0v) is 4.93. The molecule has 2 nitrogen and oxygen atoms in total. The van der Waals surface area contributed by atoms with Gasteiger partial charge in [-0.15, -0.1) is 0 Å². The summed E-state index contributed by atoms with van der Waals surface area (Å²) in [5.41, 5.74) is 1.81. The van der Waals surface area contributed by atoms with Crippen LogP contribution in [0.15, 0.2) is 16.6 Å². The molecule has 0 spiro atoms. The van der Waals surface area contributed by atoms with Gasteiger partial charge in [0.2, 0.25) is 0 Å². The van der Waals surface area contributed by atoms with Gasteiger partial charge in [-0.05, 0) is 5.41 Å². The third-order valence-electron chi connectivity index (χ3n) is 0.691. The highest BCUT2D eigenvalue weighted by molar-refractivity contribution is 8.27. The maximum Gasteiger partial charge on any atom is 0.0659 e. The van der Waals surface area contributed by atoms with Gasteiger partial charge in [-0.1, -0.05) is 11.2 Å². The molecule has 0 saturated carbocycles. The van der Waals surface area contributed by atoms with Gasteiger partial charge < -0.3 is 4.18 Å². The van der Waals surface area contributed by atoms with Gasteiger partial charge in [0.1, 0.15) is 0 Å². The Balaban J connectivity index is 2.44. The lowest BCUT2D eigenvalue weighted by atomic mass is 11.1. The smallest absolute Gasteiger partial charge is 0.0659 e. The normalized spacial score (nSPS) is 31.9. The molecule has 3 heteroatoms. The average molecular weight is 117 g/mol. The highest BCUT2D eigenvalue weighted by Gasteiger charge is 1.92. The van der Waals surface area contributed by atoms with E-state index in [0.29, 0.717) is 0 Å². The molecule has 40 valence electrons. The summed E-state index contributed by atoms with van der Waals surface area (Å²) >= 11 is -0.415. The van der Waals surface area contributed by atoms with Crippen LogP contribution in [0.1, 0.15) is 0 Å². The van der Waals surface area contributed by atoms with E-state index in [4.69, 9.17) is 4.18 Å². The molecule has 1 aliphatic heterocycles. The molecule has 1 rings (SSSR count).